The zero-order chi connectivity index (χ0) is 16.3. The van der Waals surface area contributed by atoms with Crippen LogP contribution < -0.4 is 14.8 Å². The van der Waals surface area contributed by atoms with Crippen molar-refractivity contribution in [3.63, 3.8) is 0 Å². The number of nitrogens with one attached hydrogen (secondary N) is 1. The van der Waals surface area contributed by atoms with Gasteiger partial charge in [0.2, 0.25) is 15.9 Å². The van der Waals surface area contributed by atoms with Gasteiger partial charge < -0.3 is 14.8 Å². The summed E-state index contributed by atoms with van der Waals surface area (Å²) in [5.41, 5.74) is 0.501. The van der Waals surface area contributed by atoms with Crippen molar-refractivity contribution >= 4 is 21.6 Å². The van der Waals surface area contributed by atoms with Crippen molar-refractivity contribution in [1.82, 2.24) is 4.31 Å². The van der Waals surface area contributed by atoms with Crippen LogP contribution in [0.3, 0.4) is 0 Å². The number of benzene rings is 1. The summed E-state index contributed by atoms with van der Waals surface area (Å²) in [4.78, 5) is 12.4. The Bertz CT molecular complexity index is 637. The summed E-state index contributed by atoms with van der Waals surface area (Å²) < 4.78 is 34.9. The molecule has 122 valence electrons. The van der Waals surface area contributed by atoms with Crippen molar-refractivity contribution in [2.75, 3.05) is 32.3 Å². The number of carbonyl (C=O) groups is 1. The zero-order valence-electron chi connectivity index (χ0n) is 12.8. The zero-order valence-corrected chi connectivity index (χ0v) is 13.6. The molecule has 0 spiro atoms. The fourth-order valence-electron chi connectivity index (χ4n) is 2.50. The smallest absolute Gasteiger partial charge is 0.242 e. The van der Waals surface area contributed by atoms with Gasteiger partial charge >= 0.3 is 0 Å². The average Bonchev–Trinajstić information content (AvgIpc) is 2.96. The third kappa shape index (κ3) is 3.69. The quantitative estimate of drug-likeness (QED) is 0.874. The summed E-state index contributed by atoms with van der Waals surface area (Å²) in [6.07, 6.45) is 2.31. The van der Waals surface area contributed by atoms with E-state index >= 15 is 0 Å². The Morgan fingerprint density at radius 2 is 1.82 bits per heavy atom. The minimum Gasteiger partial charge on any atom is -0.497 e. The fourth-order valence-corrected chi connectivity index (χ4v) is 3.63. The van der Waals surface area contributed by atoms with Crippen molar-refractivity contribution in [2.24, 2.45) is 0 Å². The highest BCUT2D eigenvalue weighted by Gasteiger charge is 2.36. The number of anilines is 1. The molecule has 2 rings (SSSR count). The minimum absolute atomic E-state index is 0.349. The largest absolute Gasteiger partial charge is 0.497 e. The summed E-state index contributed by atoms with van der Waals surface area (Å²) >= 11 is 0. The van der Waals surface area contributed by atoms with Gasteiger partial charge in [-0.25, -0.2) is 8.42 Å². The lowest BCUT2D eigenvalue weighted by Gasteiger charge is -2.21. The van der Waals surface area contributed by atoms with Gasteiger partial charge in [-0.1, -0.05) is 0 Å². The molecule has 1 amide bonds. The number of nitrogens with zero attached hydrogens (tertiary/aromatic N) is 1. The van der Waals surface area contributed by atoms with Crippen LogP contribution in [0.5, 0.6) is 11.5 Å². The first-order chi connectivity index (χ1) is 10.3. The first kappa shape index (κ1) is 16.6. The normalized spacial score (nSPS) is 19.0. The molecule has 0 unspecified atom stereocenters. The number of sulfonamides is 1. The van der Waals surface area contributed by atoms with Gasteiger partial charge in [0, 0.05) is 30.4 Å². The molecule has 1 aromatic carbocycles. The lowest BCUT2D eigenvalue weighted by molar-refractivity contribution is -0.119. The Hall–Kier alpha value is -1.80. The van der Waals surface area contributed by atoms with Gasteiger partial charge in [-0.2, -0.15) is 4.31 Å². The predicted molar refractivity (Wildman–Crippen MR) is 82.7 cm³/mol. The summed E-state index contributed by atoms with van der Waals surface area (Å²) in [6.45, 7) is 0.373. The van der Waals surface area contributed by atoms with Gasteiger partial charge in [-0.05, 0) is 12.8 Å². The van der Waals surface area contributed by atoms with E-state index in [2.05, 4.69) is 5.32 Å². The van der Waals surface area contributed by atoms with Gasteiger partial charge in [0.1, 0.15) is 17.5 Å². The van der Waals surface area contributed by atoms with E-state index in [0.717, 1.165) is 6.26 Å². The Morgan fingerprint density at radius 3 is 2.32 bits per heavy atom. The van der Waals surface area contributed by atoms with E-state index in [9.17, 15) is 13.2 Å². The molecule has 1 aromatic rings. The Kier molecular flexibility index (Phi) is 4.92. The van der Waals surface area contributed by atoms with Crippen molar-refractivity contribution in [1.29, 1.82) is 0 Å². The van der Waals surface area contributed by atoms with Crippen molar-refractivity contribution in [3.8, 4) is 11.5 Å². The van der Waals surface area contributed by atoms with Gasteiger partial charge in [0.25, 0.3) is 0 Å². The van der Waals surface area contributed by atoms with Gasteiger partial charge in [0.15, 0.2) is 0 Å². The molecule has 0 aliphatic carbocycles. The van der Waals surface area contributed by atoms with Crippen LogP contribution in [0.25, 0.3) is 0 Å². The summed E-state index contributed by atoms with van der Waals surface area (Å²) in [6, 6.07) is 4.32. The molecule has 1 aliphatic heterocycles. The number of methoxy groups -OCH3 is 2. The Balaban J connectivity index is 2.18. The number of amides is 1. The molecule has 1 atom stereocenters. The second-order valence-corrected chi connectivity index (χ2v) is 7.06. The molecule has 1 N–H and O–H groups in total. The highest BCUT2D eigenvalue weighted by Crippen LogP contribution is 2.27. The Labute approximate surface area is 130 Å². The molecule has 1 saturated heterocycles. The van der Waals surface area contributed by atoms with Crippen LogP contribution >= 0.6 is 0 Å². The fraction of sp³-hybridized carbons (Fsp3) is 0.500. The van der Waals surface area contributed by atoms with Crippen LogP contribution in [0.4, 0.5) is 5.69 Å². The van der Waals surface area contributed by atoms with E-state index in [1.165, 1.54) is 18.5 Å². The number of rotatable bonds is 5. The van der Waals surface area contributed by atoms with Crippen LogP contribution in [0.2, 0.25) is 0 Å². The maximum atomic E-state index is 12.4. The first-order valence-electron chi connectivity index (χ1n) is 6.86. The van der Waals surface area contributed by atoms with E-state index in [4.69, 9.17) is 9.47 Å². The molecule has 8 heteroatoms. The summed E-state index contributed by atoms with van der Waals surface area (Å²) in [5.74, 6) is 0.736. The molecule has 0 saturated carbocycles. The van der Waals surface area contributed by atoms with E-state index in [1.54, 1.807) is 18.2 Å². The highest BCUT2D eigenvalue weighted by molar-refractivity contribution is 7.88. The maximum Gasteiger partial charge on any atom is 0.242 e. The lowest BCUT2D eigenvalue weighted by Crippen LogP contribution is -2.42. The minimum atomic E-state index is -3.39. The molecule has 22 heavy (non-hydrogen) atoms. The van der Waals surface area contributed by atoms with Gasteiger partial charge in [-0.15, -0.1) is 0 Å². The third-order valence-corrected chi connectivity index (χ3v) is 4.84. The van der Waals surface area contributed by atoms with E-state index in [0.29, 0.717) is 36.6 Å². The number of carbonyl (C=O) groups excluding carboxylic acids is 1. The van der Waals surface area contributed by atoms with Crippen LogP contribution in [-0.4, -0.2) is 51.7 Å². The molecule has 1 heterocycles. The van der Waals surface area contributed by atoms with Crippen LogP contribution in [-0.2, 0) is 14.8 Å². The van der Waals surface area contributed by atoms with E-state index in [-0.39, 0.29) is 5.91 Å². The van der Waals surface area contributed by atoms with Crippen molar-refractivity contribution in [2.45, 2.75) is 18.9 Å². The Morgan fingerprint density at radius 1 is 1.23 bits per heavy atom. The van der Waals surface area contributed by atoms with Crippen LogP contribution in [0.15, 0.2) is 18.2 Å². The average molecular weight is 328 g/mol. The lowest BCUT2D eigenvalue weighted by atomic mass is 10.2. The molecule has 0 aromatic heterocycles. The summed E-state index contributed by atoms with van der Waals surface area (Å²) in [5, 5.41) is 2.73. The summed E-state index contributed by atoms with van der Waals surface area (Å²) in [7, 11) is -0.358. The second-order valence-electron chi connectivity index (χ2n) is 5.12. The predicted octanol–water partition coefficient (Wildman–Crippen LogP) is 1.07. The molecule has 0 bridgehead atoms. The third-order valence-electron chi connectivity index (χ3n) is 3.55. The second kappa shape index (κ2) is 6.53. The molecule has 1 fully saturated rings. The SMILES string of the molecule is COc1cc(NC(=O)[C@H]2CCCN2S(C)(=O)=O)cc(OC)c1. The maximum absolute atomic E-state index is 12.4. The number of hydrogen-bond acceptors (Lipinski definition) is 5. The number of ether oxygens (including phenoxy) is 2. The molecular weight excluding hydrogens is 308 g/mol. The molecule has 7 nitrogen and oxygen atoms in total. The molecule has 1 aliphatic rings. The number of hydrogen-bond donors (Lipinski definition) is 1. The van der Waals surface area contributed by atoms with Crippen LogP contribution in [0.1, 0.15) is 12.8 Å². The van der Waals surface area contributed by atoms with E-state index < -0.39 is 16.1 Å². The van der Waals surface area contributed by atoms with Crippen LogP contribution in [0, 0.1) is 0 Å². The van der Waals surface area contributed by atoms with E-state index in [1.807, 2.05) is 0 Å². The monoisotopic (exact) mass is 328 g/mol. The highest BCUT2D eigenvalue weighted by atomic mass is 32.2. The van der Waals surface area contributed by atoms with Gasteiger partial charge in [0.05, 0.1) is 20.5 Å². The molecule has 0 radical (unpaired) electrons. The first-order valence-corrected chi connectivity index (χ1v) is 8.70. The standard InChI is InChI=1S/C14H20N2O5S/c1-20-11-7-10(8-12(9-11)21-2)15-14(17)13-5-4-6-16(13)22(3,18)19/h7-9,13H,4-6H2,1-3H3,(H,15,17)/t13-/m1/s1. The van der Waals surface area contributed by atoms with Gasteiger partial charge in [-0.3, -0.25) is 4.79 Å². The van der Waals surface area contributed by atoms with Crippen molar-refractivity contribution in [3.05, 3.63) is 18.2 Å². The topological polar surface area (TPSA) is 84.9 Å². The molecular formula is C14H20N2O5S. The van der Waals surface area contributed by atoms with Crippen molar-refractivity contribution < 1.29 is 22.7 Å².